The van der Waals surface area contributed by atoms with Crippen molar-refractivity contribution in [2.75, 3.05) is 7.05 Å². The first-order valence-corrected chi connectivity index (χ1v) is 6.83. The molecule has 0 bridgehead atoms. The summed E-state index contributed by atoms with van der Waals surface area (Å²) in [5.74, 6) is -0.381. The van der Waals surface area contributed by atoms with Crippen molar-refractivity contribution in [3.63, 3.8) is 0 Å². The summed E-state index contributed by atoms with van der Waals surface area (Å²) in [5, 5.41) is 20.1. The zero-order chi connectivity index (χ0) is 15.6. The molecule has 0 saturated carbocycles. The van der Waals surface area contributed by atoms with Crippen molar-refractivity contribution in [3.8, 4) is 11.5 Å². The quantitative estimate of drug-likeness (QED) is 0.911. The number of carbonyl (C=O) groups excluding carboxylic acids is 1. The van der Waals surface area contributed by atoms with Gasteiger partial charge in [0.05, 0.1) is 11.6 Å². The second-order valence-electron chi connectivity index (χ2n) is 4.81. The molecule has 1 unspecified atom stereocenters. The molecule has 1 amide bonds. The fourth-order valence-electron chi connectivity index (χ4n) is 2.10. The lowest BCUT2D eigenvalue weighted by Crippen LogP contribution is -2.29. The van der Waals surface area contributed by atoms with E-state index in [-0.39, 0.29) is 29.0 Å². The number of rotatable bonds is 3. The van der Waals surface area contributed by atoms with Gasteiger partial charge in [-0.05, 0) is 31.2 Å². The van der Waals surface area contributed by atoms with E-state index in [1.54, 1.807) is 44.3 Å². The molecule has 0 heterocycles. The molecule has 110 valence electrons. The van der Waals surface area contributed by atoms with Crippen LogP contribution in [0.25, 0.3) is 0 Å². The molecular weight excluding hydrogens is 290 g/mol. The highest BCUT2D eigenvalue weighted by molar-refractivity contribution is 6.30. The van der Waals surface area contributed by atoms with Crippen LogP contribution in [0.1, 0.15) is 28.9 Å². The molecule has 0 aliphatic heterocycles. The van der Waals surface area contributed by atoms with E-state index < -0.39 is 0 Å². The molecule has 0 spiro atoms. The van der Waals surface area contributed by atoms with Crippen LogP contribution in [-0.4, -0.2) is 28.1 Å². The van der Waals surface area contributed by atoms with Crippen LogP contribution in [0.4, 0.5) is 0 Å². The predicted molar refractivity (Wildman–Crippen MR) is 81.7 cm³/mol. The van der Waals surface area contributed by atoms with Gasteiger partial charge in [-0.3, -0.25) is 4.79 Å². The summed E-state index contributed by atoms with van der Waals surface area (Å²) >= 11 is 5.76. The van der Waals surface area contributed by atoms with E-state index in [1.165, 1.54) is 17.0 Å². The van der Waals surface area contributed by atoms with E-state index in [1.807, 2.05) is 0 Å². The van der Waals surface area contributed by atoms with E-state index >= 15 is 0 Å². The van der Waals surface area contributed by atoms with Crippen molar-refractivity contribution >= 4 is 17.5 Å². The van der Waals surface area contributed by atoms with Gasteiger partial charge in [0.25, 0.3) is 5.91 Å². The molecule has 0 aliphatic rings. The Bertz CT molecular complexity index is 672. The van der Waals surface area contributed by atoms with Gasteiger partial charge in [-0.1, -0.05) is 29.8 Å². The Balaban J connectivity index is 2.29. The van der Waals surface area contributed by atoms with Crippen molar-refractivity contribution in [3.05, 3.63) is 58.6 Å². The molecule has 0 aliphatic carbocycles. The minimum atomic E-state index is -0.347. The molecule has 5 heteroatoms. The molecule has 1 atom stereocenters. The fourth-order valence-corrected chi connectivity index (χ4v) is 2.27. The molecule has 4 nitrogen and oxygen atoms in total. The average Bonchev–Trinajstić information content (AvgIpc) is 2.45. The van der Waals surface area contributed by atoms with Crippen LogP contribution in [0.3, 0.4) is 0 Å². The minimum absolute atomic E-state index is 0.130. The number of hydrogen-bond donors (Lipinski definition) is 2. The molecule has 21 heavy (non-hydrogen) atoms. The van der Waals surface area contributed by atoms with E-state index in [9.17, 15) is 15.0 Å². The third kappa shape index (κ3) is 3.11. The van der Waals surface area contributed by atoms with E-state index in [0.717, 1.165) is 0 Å². The maximum absolute atomic E-state index is 12.4. The Morgan fingerprint density at radius 3 is 2.43 bits per heavy atom. The van der Waals surface area contributed by atoms with Crippen LogP contribution in [0, 0.1) is 0 Å². The number of phenols is 2. The molecule has 0 radical (unpaired) electrons. The highest BCUT2D eigenvalue weighted by atomic mass is 35.5. The van der Waals surface area contributed by atoms with Crippen molar-refractivity contribution in [2.24, 2.45) is 0 Å². The van der Waals surface area contributed by atoms with Gasteiger partial charge in [-0.25, -0.2) is 0 Å². The zero-order valence-corrected chi connectivity index (χ0v) is 12.5. The highest BCUT2D eigenvalue weighted by Gasteiger charge is 2.22. The number of hydrogen-bond acceptors (Lipinski definition) is 3. The lowest BCUT2D eigenvalue weighted by Gasteiger charge is -2.26. The van der Waals surface area contributed by atoms with Crippen molar-refractivity contribution < 1.29 is 15.0 Å². The van der Waals surface area contributed by atoms with Crippen LogP contribution in [-0.2, 0) is 0 Å². The highest BCUT2D eigenvalue weighted by Crippen LogP contribution is 2.30. The number of nitrogens with zero attached hydrogens (tertiary/aromatic N) is 1. The summed E-state index contributed by atoms with van der Waals surface area (Å²) in [6.07, 6.45) is 0. The van der Waals surface area contributed by atoms with Gasteiger partial charge in [0, 0.05) is 17.6 Å². The van der Waals surface area contributed by atoms with Crippen molar-refractivity contribution in [1.29, 1.82) is 0 Å². The summed E-state index contributed by atoms with van der Waals surface area (Å²) in [7, 11) is 1.62. The second-order valence-corrected chi connectivity index (χ2v) is 5.25. The van der Waals surface area contributed by atoms with Gasteiger partial charge in [-0.15, -0.1) is 0 Å². The summed E-state index contributed by atoms with van der Waals surface area (Å²) in [5.41, 5.74) is 0.811. The Labute approximate surface area is 128 Å². The summed E-state index contributed by atoms with van der Waals surface area (Å²) in [6, 6.07) is 10.9. The summed E-state index contributed by atoms with van der Waals surface area (Å²) in [6.45, 7) is 1.81. The largest absolute Gasteiger partial charge is 0.508 e. The Hall–Kier alpha value is -2.20. The first kappa shape index (κ1) is 15.2. The third-order valence-electron chi connectivity index (χ3n) is 3.48. The molecule has 2 aromatic carbocycles. The second kappa shape index (κ2) is 6.06. The molecule has 0 fully saturated rings. The zero-order valence-electron chi connectivity index (χ0n) is 11.7. The van der Waals surface area contributed by atoms with E-state index in [2.05, 4.69) is 0 Å². The lowest BCUT2D eigenvalue weighted by molar-refractivity contribution is 0.0738. The molecule has 0 aromatic heterocycles. The maximum atomic E-state index is 12.4. The number of amides is 1. The smallest absolute Gasteiger partial charge is 0.257 e. The topological polar surface area (TPSA) is 60.8 Å². The van der Waals surface area contributed by atoms with Crippen molar-refractivity contribution in [2.45, 2.75) is 13.0 Å². The maximum Gasteiger partial charge on any atom is 0.257 e. The Kier molecular flexibility index (Phi) is 4.38. The van der Waals surface area contributed by atoms with Gasteiger partial charge < -0.3 is 15.1 Å². The van der Waals surface area contributed by atoms with Crippen LogP contribution in [0.15, 0.2) is 42.5 Å². The van der Waals surface area contributed by atoms with Crippen LogP contribution < -0.4 is 0 Å². The molecule has 2 rings (SSSR count). The molecule has 2 N–H and O–H groups in total. The summed E-state index contributed by atoms with van der Waals surface area (Å²) < 4.78 is 0. The third-order valence-corrected chi connectivity index (χ3v) is 3.71. The molecular formula is C16H16ClNO3. The minimum Gasteiger partial charge on any atom is -0.508 e. The normalized spacial score (nSPS) is 12.0. The van der Waals surface area contributed by atoms with E-state index in [0.29, 0.717) is 10.6 Å². The number of phenolic OH excluding ortho intramolecular Hbond substituents is 2. The molecule has 0 saturated heterocycles. The Morgan fingerprint density at radius 2 is 1.81 bits per heavy atom. The van der Waals surface area contributed by atoms with Crippen LogP contribution >= 0.6 is 11.6 Å². The number of carbonyl (C=O) groups is 1. The SMILES string of the molecule is CC(c1ccccc1O)N(C)C(=O)c1ccc(Cl)cc1O. The van der Waals surface area contributed by atoms with Gasteiger partial charge in [0.2, 0.25) is 0 Å². The van der Waals surface area contributed by atoms with Gasteiger partial charge in [0.1, 0.15) is 11.5 Å². The number of benzene rings is 2. The van der Waals surface area contributed by atoms with Gasteiger partial charge in [0.15, 0.2) is 0 Å². The number of para-hydroxylation sites is 1. The number of aromatic hydroxyl groups is 2. The fraction of sp³-hybridized carbons (Fsp3) is 0.188. The predicted octanol–water partition coefficient (Wildman–Crippen LogP) is 3.58. The first-order valence-electron chi connectivity index (χ1n) is 6.45. The van der Waals surface area contributed by atoms with Crippen LogP contribution in [0.5, 0.6) is 11.5 Å². The standard InChI is InChI=1S/C16H16ClNO3/c1-10(12-5-3-4-6-14(12)19)18(2)16(21)13-8-7-11(17)9-15(13)20/h3-10,19-20H,1-2H3. The summed E-state index contributed by atoms with van der Waals surface area (Å²) in [4.78, 5) is 13.9. The van der Waals surface area contributed by atoms with Gasteiger partial charge in [-0.2, -0.15) is 0 Å². The van der Waals surface area contributed by atoms with Crippen molar-refractivity contribution in [1.82, 2.24) is 4.90 Å². The van der Waals surface area contributed by atoms with E-state index in [4.69, 9.17) is 11.6 Å². The van der Waals surface area contributed by atoms with Gasteiger partial charge >= 0.3 is 0 Å². The molecule has 2 aromatic rings. The lowest BCUT2D eigenvalue weighted by atomic mass is 10.0. The monoisotopic (exact) mass is 305 g/mol. The number of halogens is 1. The van der Waals surface area contributed by atoms with Crippen LogP contribution in [0.2, 0.25) is 5.02 Å². The first-order chi connectivity index (χ1) is 9.91. The average molecular weight is 306 g/mol. The Morgan fingerprint density at radius 1 is 1.14 bits per heavy atom.